The highest BCUT2D eigenvalue weighted by atomic mass is 16.6. The van der Waals surface area contributed by atoms with Crippen LogP contribution in [-0.2, 0) is 46.0 Å². The highest BCUT2D eigenvalue weighted by molar-refractivity contribution is 5.95. The fourth-order valence-electron chi connectivity index (χ4n) is 13.4. The molecule has 0 radical (unpaired) electrons. The number of nitrogens with one attached hydrogen (secondary N) is 1. The molecule has 0 saturated heterocycles. The van der Waals surface area contributed by atoms with E-state index in [9.17, 15) is 14.7 Å². The fourth-order valence-corrected chi connectivity index (χ4v) is 13.4. The molecular formula is C46H55N3O8. The zero-order valence-corrected chi connectivity index (χ0v) is 34.1. The first kappa shape index (κ1) is 37.9. The summed E-state index contributed by atoms with van der Waals surface area (Å²) in [7, 11) is 6.27. The molecule has 4 unspecified atom stereocenters. The Bertz CT molecular complexity index is 2240. The van der Waals surface area contributed by atoms with Crippen molar-refractivity contribution in [2.24, 2.45) is 23.2 Å². The van der Waals surface area contributed by atoms with Gasteiger partial charge in [-0.2, -0.15) is 0 Å². The molecule has 2 saturated carbocycles. The molecule has 3 aliphatic heterocycles. The largest absolute Gasteiger partial charge is 0.496 e. The number of fused-ring (bicyclic) bond motifs is 6. The van der Waals surface area contributed by atoms with Crippen LogP contribution in [-0.4, -0.2) is 92.1 Å². The lowest BCUT2D eigenvalue weighted by atomic mass is 9.44. The van der Waals surface area contributed by atoms with Crippen LogP contribution < -0.4 is 9.64 Å². The van der Waals surface area contributed by atoms with Crippen molar-refractivity contribution in [1.29, 1.82) is 0 Å². The molecule has 2 fully saturated rings. The summed E-state index contributed by atoms with van der Waals surface area (Å²) >= 11 is 0. The third-order valence-corrected chi connectivity index (χ3v) is 15.2. The van der Waals surface area contributed by atoms with Gasteiger partial charge < -0.3 is 33.9 Å². The Kier molecular flexibility index (Phi) is 8.79. The van der Waals surface area contributed by atoms with Crippen LogP contribution in [0.4, 0.5) is 5.69 Å². The van der Waals surface area contributed by atoms with E-state index in [1.807, 2.05) is 30.1 Å². The average molecular weight is 778 g/mol. The van der Waals surface area contributed by atoms with Crippen molar-refractivity contribution in [2.75, 3.05) is 46.4 Å². The number of benzene rings is 2. The lowest BCUT2D eigenvalue weighted by Gasteiger charge is -2.63. The van der Waals surface area contributed by atoms with Gasteiger partial charge in [0.05, 0.1) is 27.4 Å². The van der Waals surface area contributed by atoms with Gasteiger partial charge in [0.15, 0.2) is 6.10 Å². The second kappa shape index (κ2) is 13.2. The maximum Gasteiger partial charge on any atom is 0.344 e. The molecule has 3 aromatic rings. The summed E-state index contributed by atoms with van der Waals surface area (Å²) in [5.74, 6) is -1.15. The van der Waals surface area contributed by atoms with Crippen molar-refractivity contribution in [1.82, 2.24) is 9.88 Å². The van der Waals surface area contributed by atoms with Gasteiger partial charge in [-0.3, -0.25) is 14.5 Å². The SMILES string of the molecule is CCC1=CC2CN(C1)Cc1c([nH]c3ccccc13)[C@@](C(=O)OC)(c1cc3c(cc1OC)N(C)C1[C@]34CC[C@H]3CC=C[C@@](CC)(C34)[C@@H](OC(C)=O)[C@]1(O)C(=O)OC)C2. The number of H-pyrrole nitrogens is 1. The summed E-state index contributed by atoms with van der Waals surface area (Å²) in [6, 6.07) is 11.5. The Balaban J connectivity index is 1.37. The number of hydrogen-bond donors (Lipinski definition) is 2. The van der Waals surface area contributed by atoms with Gasteiger partial charge in [0.2, 0.25) is 5.60 Å². The first-order chi connectivity index (χ1) is 27.4. The number of ether oxygens (including phenoxy) is 4. The third-order valence-electron chi connectivity index (χ3n) is 15.2. The van der Waals surface area contributed by atoms with E-state index in [1.54, 1.807) is 7.11 Å². The molecule has 2 N–H and O–H groups in total. The van der Waals surface area contributed by atoms with Crippen LogP contribution in [0.25, 0.3) is 10.9 Å². The first-order valence-corrected chi connectivity index (χ1v) is 20.6. The second-order valence-electron chi connectivity index (χ2n) is 17.5. The Morgan fingerprint density at radius 3 is 2.49 bits per heavy atom. The molecule has 302 valence electrons. The lowest BCUT2D eigenvalue weighted by Crippen LogP contribution is -2.78. The van der Waals surface area contributed by atoms with E-state index in [-0.39, 0.29) is 23.7 Å². The first-order valence-electron chi connectivity index (χ1n) is 20.6. The van der Waals surface area contributed by atoms with Crippen molar-refractivity contribution in [3.63, 3.8) is 0 Å². The minimum atomic E-state index is -2.25. The van der Waals surface area contributed by atoms with Crippen LogP contribution in [0.15, 0.2) is 60.2 Å². The number of nitrogens with zero attached hydrogens (tertiary/aromatic N) is 2. The standard InChI is InChI=1S/C46H55N3O8/c1-8-27-19-28-22-45(41(51)55-6,38-31(25-49(23-27)24-28)30-14-10-11-15-34(30)47-38)33-20-32-35(21-36(33)54-5)48(4)39-44(32)18-16-29-13-12-17-43(9-2,37(29)44)40(57-26(3)50)46(39,53)42(52)56-7/h10-12,14-15,17,19-21,28-29,37,39-40,47,53H,8-9,13,16,18,22-25H2,1-7H3/t28?,29-,37?,39?,40-,43+,44-,45+,46+/m1/s1. The minimum absolute atomic E-state index is 0.0366. The summed E-state index contributed by atoms with van der Waals surface area (Å²) in [4.78, 5) is 50.8. The maximum atomic E-state index is 15.2. The molecule has 4 heterocycles. The van der Waals surface area contributed by atoms with E-state index < -0.39 is 45.9 Å². The number of esters is 3. The van der Waals surface area contributed by atoms with Crippen LogP contribution in [0.1, 0.15) is 81.7 Å². The van der Waals surface area contributed by atoms with Crippen molar-refractivity contribution in [3.05, 3.63) is 82.6 Å². The number of allylic oxidation sites excluding steroid dienone is 1. The molecule has 10 atom stereocenters. The molecule has 0 amide bonds. The molecule has 1 aromatic heterocycles. The Morgan fingerprint density at radius 2 is 1.79 bits per heavy atom. The van der Waals surface area contributed by atoms with Crippen molar-refractivity contribution in [2.45, 2.75) is 94.4 Å². The van der Waals surface area contributed by atoms with Crippen LogP contribution in [0.5, 0.6) is 5.75 Å². The quantitative estimate of drug-likeness (QED) is 0.165. The van der Waals surface area contributed by atoms with E-state index in [2.05, 4.69) is 60.2 Å². The fraction of sp³-hybridized carbons (Fsp3) is 0.543. The number of aromatic nitrogens is 1. The van der Waals surface area contributed by atoms with Gasteiger partial charge in [0.25, 0.3) is 0 Å². The van der Waals surface area contributed by atoms with E-state index in [1.165, 1.54) is 26.7 Å². The van der Waals surface area contributed by atoms with Crippen LogP contribution in [0.3, 0.4) is 0 Å². The minimum Gasteiger partial charge on any atom is -0.496 e. The predicted molar refractivity (Wildman–Crippen MR) is 215 cm³/mol. The summed E-state index contributed by atoms with van der Waals surface area (Å²) in [5.41, 5.74) is 1.35. The normalized spacial score (nSPS) is 35.9. The molecule has 11 heteroatoms. The Morgan fingerprint density at radius 1 is 1.02 bits per heavy atom. The van der Waals surface area contributed by atoms with Crippen molar-refractivity contribution >= 4 is 34.5 Å². The molecule has 6 aliphatic rings. The highest BCUT2D eigenvalue weighted by Crippen LogP contribution is 2.73. The number of rotatable bonds is 7. The number of carbonyl (C=O) groups excluding carboxylic acids is 3. The molecule has 9 rings (SSSR count). The van der Waals surface area contributed by atoms with Gasteiger partial charge in [0.1, 0.15) is 11.2 Å². The molecule has 11 nitrogen and oxygen atoms in total. The summed E-state index contributed by atoms with van der Waals surface area (Å²) in [5, 5.41) is 14.4. The summed E-state index contributed by atoms with van der Waals surface area (Å²) < 4.78 is 23.9. The topological polar surface area (TPSA) is 131 Å². The second-order valence-corrected chi connectivity index (χ2v) is 17.5. The predicted octanol–water partition coefficient (Wildman–Crippen LogP) is 6.10. The van der Waals surface area contributed by atoms with Crippen LogP contribution in [0.2, 0.25) is 0 Å². The summed E-state index contributed by atoms with van der Waals surface area (Å²) in [6.07, 6.45) is 9.65. The monoisotopic (exact) mass is 777 g/mol. The van der Waals surface area contributed by atoms with Crippen LogP contribution >= 0.6 is 0 Å². The molecule has 3 aliphatic carbocycles. The molecule has 2 bridgehead atoms. The van der Waals surface area contributed by atoms with E-state index in [0.717, 1.165) is 65.8 Å². The zero-order valence-electron chi connectivity index (χ0n) is 34.1. The number of methoxy groups -OCH3 is 3. The van der Waals surface area contributed by atoms with Gasteiger partial charge >= 0.3 is 17.9 Å². The van der Waals surface area contributed by atoms with Gasteiger partial charge in [-0.25, -0.2) is 4.79 Å². The summed E-state index contributed by atoms with van der Waals surface area (Å²) in [6.45, 7) is 7.90. The number of para-hydroxylation sites is 1. The van der Waals surface area contributed by atoms with E-state index in [0.29, 0.717) is 37.1 Å². The average Bonchev–Trinajstić information content (AvgIpc) is 3.87. The highest BCUT2D eigenvalue weighted by Gasteiger charge is 2.80. The molecule has 1 spiro atoms. The lowest BCUT2D eigenvalue weighted by molar-refractivity contribution is -0.232. The molecular weight excluding hydrogens is 723 g/mol. The van der Waals surface area contributed by atoms with Gasteiger partial charge in [-0.1, -0.05) is 55.8 Å². The zero-order chi connectivity index (χ0) is 40.2. The van der Waals surface area contributed by atoms with Gasteiger partial charge in [0, 0.05) is 78.3 Å². The smallest absolute Gasteiger partial charge is 0.344 e. The van der Waals surface area contributed by atoms with Crippen LogP contribution in [0, 0.1) is 23.2 Å². The number of likely N-dealkylation sites (N-methyl/N-ethyl adjacent to an activating group) is 1. The Hall–Kier alpha value is -4.61. The third kappa shape index (κ3) is 4.81. The Labute approximate surface area is 334 Å². The van der Waals surface area contributed by atoms with Gasteiger partial charge in [-0.05, 0) is 79.5 Å². The van der Waals surface area contributed by atoms with Gasteiger partial charge in [-0.15, -0.1) is 0 Å². The van der Waals surface area contributed by atoms with Crippen molar-refractivity contribution in [3.8, 4) is 5.75 Å². The van der Waals surface area contributed by atoms with E-state index in [4.69, 9.17) is 18.9 Å². The molecule has 2 aromatic carbocycles. The molecule has 57 heavy (non-hydrogen) atoms. The number of aromatic amines is 1. The maximum absolute atomic E-state index is 15.2. The number of hydrogen-bond acceptors (Lipinski definition) is 10. The number of carbonyl (C=O) groups is 3. The number of anilines is 1. The van der Waals surface area contributed by atoms with E-state index >= 15 is 4.79 Å². The number of aliphatic hydroxyl groups is 1. The van der Waals surface area contributed by atoms with Crippen molar-refractivity contribution < 1.29 is 38.4 Å².